The largest absolute Gasteiger partial charge is 0.379 e. The molecule has 0 spiro atoms. The zero-order valence-electron chi connectivity index (χ0n) is 23.4. The molecule has 3 aromatic carbocycles. The van der Waals surface area contributed by atoms with Crippen molar-refractivity contribution in [1.82, 2.24) is 9.97 Å². The second-order valence-electron chi connectivity index (χ2n) is 9.75. The van der Waals surface area contributed by atoms with Crippen LogP contribution in [0.25, 0.3) is 22.3 Å². The van der Waals surface area contributed by atoms with Gasteiger partial charge in [0.15, 0.2) is 0 Å². The van der Waals surface area contributed by atoms with Gasteiger partial charge in [-0.3, -0.25) is 9.97 Å². The number of nitrogens with zero attached hydrogens (tertiary/aromatic N) is 2. The lowest BCUT2D eigenvalue weighted by Crippen LogP contribution is -2.02. The highest BCUT2D eigenvalue weighted by atomic mass is 35.5. The number of pyridine rings is 2. The van der Waals surface area contributed by atoms with Crippen LogP contribution in [0.1, 0.15) is 33.6 Å². The van der Waals surface area contributed by atoms with Gasteiger partial charge in [-0.15, -0.1) is 24.8 Å². The summed E-state index contributed by atoms with van der Waals surface area (Å²) >= 11 is 0. The normalized spacial score (nSPS) is 10.3. The third kappa shape index (κ3) is 6.82. The van der Waals surface area contributed by atoms with E-state index in [1.165, 1.54) is 44.5 Å². The quantitative estimate of drug-likeness (QED) is 0.195. The maximum Gasteiger partial charge on any atom is 0.0594 e. The van der Waals surface area contributed by atoms with Crippen LogP contribution in [0.4, 0.5) is 11.4 Å². The Hall–Kier alpha value is -3.86. The van der Waals surface area contributed by atoms with E-state index in [9.17, 15) is 0 Å². The third-order valence-corrected chi connectivity index (χ3v) is 7.37. The molecule has 0 radical (unpaired) electrons. The van der Waals surface area contributed by atoms with Crippen LogP contribution in [0.5, 0.6) is 0 Å². The summed E-state index contributed by atoms with van der Waals surface area (Å²) in [5.41, 5.74) is 14.7. The van der Waals surface area contributed by atoms with Crippen molar-refractivity contribution in [3.63, 3.8) is 0 Å². The Morgan fingerprint density at radius 2 is 0.825 bits per heavy atom. The van der Waals surface area contributed by atoms with Crippen LogP contribution in [-0.2, 0) is 13.1 Å². The molecule has 5 rings (SSSR count). The number of nitrogens with one attached hydrogen (secondary N) is 2. The van der Waals surface area contributed by atoms with E-state index in [4.69, 9.17) is 0 Å². The molecule has 2 heterocycles. The molecule has 0 aliphatic heterocycles. The molecule has 0 aliphatic rings. The minimum absolute atomic E-state index is 0. The van der Waals surface area contributed by atoms with Crippen LogP contribution in [0.15, 0.2) is 97.3 Å². The van der Waals surface area contributed by atoms with Crippen molar-refractivity contribution in [2.45, 2.75) is 40.8 Å². The van der Waals surface area contributed by atoms with E-state index in [0.29, 0.717) is 13.1 Å². The van der Waals surface area contributed by atoms with Gasteiger partial charge in [-0.25, -0.2) is 0 Å². The van der Waals surface area contributed by atoms with Crippen molar-refractivity contribution in [1.29, 1.82) is 0 Å². The van der Waals surface area contributed by atoms with Crippen molar-refractivity contribution < 1.29 is 0 Å². The second kappa shape index (κ2) is 14.0. The lowest BCUT2D eigenvalue weighted by molar-refractivity contribution is 1.05. The van der Waals surface area contributed by atoms with Gasteiger partial charge in [0.05, 0.1) is 24.5 Å². The highest BCUT2D eigenvalue weighted by Crippen LogP contribution is 2.39. The third-order valence-electron chi connectivity index (χ3n) is 7.37. The average Bonchev–Trinajstić information content (AvgIpc) is 2.96. The molecule has 0 bridgehead atoms. The molecular formula is C34H36Cl2N4. The Bertz CT molecular complexity index is 1370. The number of anilines is 2. The van der Waals surface area contributed by atoms with Crippen molar-refractivity contribution in [2.75, 3.05) is 10.6 Å². The van der Waals surface area contributed by atoms with Crippen LogP contribution < -0.4 is 10.6 Å². The Balaban J connectivity index is 0.00000220. The maximum atomic E-state index is 4.39. The van der Waals surface area contributed by atoms with Crippen LogP contribution in [0, 0.1) is 27.7 Å². The van der Waals surface area contributed by atoms with E-state index < -0.39 is 0 Å². The smallest absolute Gasteiger partial charge is 0.0594 e. The average molecular weight is 572 g/mol. The van der Waals surface area contributed by atoms with Crippen molar-refractivity contribution >= 4 is 36.2 Å². The minimum Gasteiger partial charge on any atom is -0.379 e. The van der Waals surface area contributed by atoms with E-state index >= 15 is 0 Å². The summed E-state index contributed by atoms with van der Waals surface area (Å²) in [5.74, 6) is 0. The lowest BCUT2D eigenvalue weighted by atomic mass is 9.83. The summed E-state index contributed by atoms with van der Waals surface area (Å²) in [7, 11) is 0. The molecule has 40 heavy (non-hydrogen) atoms. The summed E-state index contributed by atoms with van der Waals surface area (Å²) in [4.78, 5) is 8.79. The number of benzene rings is 3. The zero-order valence-corrected chi connectivity index (χ0v) is 25.0. The molecule has 0 amide bonds. The van der Waals surface area contributed by atoms with E-state index in [2.05, 4.69) is 96.8 Å². The molecule has 4 nitrogen and oxygen atoms in total. The summed E-state index contributed by atoms with van der Waals surface area (Å²) in [6, 6.07) is 29.5. The van der Waals surface area contributed by atoms with E-state index in [1.54, 1.807) is 0 Å². The number of hydrogen-bond acceptors (Lipinski definition) is 4. The molecule has 2 N–H and O–H groups in total. The molecule has 0 aliphatic carbocycles. The van der Waals surface area contributed by atoms with E-state index in [-0.39, 0.29) is 24.8 Å². The van der Waals surface area contributed by atoms with E-state index in [0.717, 1.165) is 22.8 Å². The SMILES string of the molecule is Cc1c(C)c(-c2ccc(NCc3ccccn3)cc2)c(C)c(C)c1-c1ccc(NCc2ccccn2)cc1.Cl.Cl. The van der Waals surface area contributed by atoms with Crippen LogP contribution in [0.3, 0.4) is 0 Å². The van der Waals surface area contributed by atoms with Crippen molar-refractivity contribution in [3.8, 4) is 22.3 Å². The Morgan fingerprint density at radius 3 is 1.12 bits per heavy atom. The van der Waals surface area contributed by atoms with Crippen LogP contribution in [-0.4, -0.2) is 9.97 Å². The molecule has 6 heteroatoms. The summed E-state index contributed by atoms with van der Waals surface area (Å²) < 4.78 is 0. The summed E-state index contributed by atoms with van der Waals surface area (Å²) in [6.45, 7) is 10.4. The van der Waals surface area contributed by atoms with Gasteiger partial charge in [0, 0.05) is 23.8 Å². The van der Waals surface area contributed by atoms with Gasteiger partial charge in [0.25, 0.3) is 0 Å². The fourth-order valence-corrected chi connectivity index (χ4v) is 5.08. The van der Waals surface area contributed by atoms with Gasteiger partial charge in [-0.05, 0) is 121 Å². The number of halogens is 2. The Kier molecular flexibility index (Phi) is 10.7. The zero-order chi connectivity index (χ0) is 26.5. The van der Waals surface area contributed by atoms with Crippen LogP contribution in [0.2, 0.25) is 0 Å². The Morgan fingerprint density at radius 1 is 0.475 bits per heavy atom. The van der Waals surface area contributed by atoms with Gasteiger partial charge >= 0.3 is 0 Å². The second-order valence-corrected chi connectivity index (χ2v) is 9.75. The molecule has 2 aromatic heterocycles. The fourth-order valence-electron chi connectivity index (χ4n) is 5.08. The fraction of sp³-hybridized carbons (Fsp3) is 0.176. The first-order valence-electron chi connectivity index (χ1n) is 13.1. The predicted molar refractivity (Wildman–Crippen MR) is 174 cm³/mol. The highest BCUT2D eigenvalue weighted by Gasteiger charge is 2.17. The van der Waals surface area contributed by atoms with E-state index in [1.807, 2.05) is 48.8 Å². The molecular weight excluding hydrogens is 535 g/mol. The first-order chi connectivity index (χ1) is 18.5. The van der Waals surface area contributed by atoms with Gasteiger partial charge < -0.3 is 10.6 Å². The molecule has 0 saturated heterocycles. The standard InChI is InChI=1S/C34H34N4.2ClH/c1-23-24(2)34(28-13-17-30(18-14-28)38-22-32-10-6-8-20-36-32)26(4)25(3)33(23)27-11-15-29(16-12-27)37-21-31-9-5-7-19-35-31;;/h5-20,37-38H,21-22H2,1-4H3;2*1H. The van der Waals surface area contributed by atoms with Crippen molar-refractivity contribution in [2.24, 2.45) is 0 Å². The molecule has 206 valence electrons. The molecule has 0 unspecified atom stereocenters. The van der Waals surface area contributed by atoms with Gasteiger partial charge in [0.2, 0.25) is 0 Å². The first kappa shape index (κ1) is 30.7. The van der Waals surface area contributed by atoms with Crippen LogP contribution >= 0.6 is 24.8 Å². The Labute approximate surface area is 250 Å². The number of hydrogen-bond donors (Lipinski definition) is 2. The lowest BCUT2D eigenvalue weighted by Gasteiger charge is -2.21. The molecule has 0 atom stereocenters. The van der Waals surface area contributed by atoms with Crippen molar-refractivity contribution in [3.05, 3.63) is 131 Å². The summed E-state index contributed by atoms with van der Waals surface area (Å²) in [5, 5.41) is 6.95. The monoisotopic (exact) mass is 570 g/mol. The highest BCUT2D eigenvalue weighted by molar-refractivity contribution is 5.86. The maximum absolute atomic E-state index is 4.39. The number of rotatable bonds is 8. The topological polar surface area (TPSA) is 49.8 Å². The number of aromatic nitrogens is 2. The van der Waals surface area contributed by atoms with Gasteiger partial charge in [-0.1, -0.05) is 36.4 Å². The molecule has 5 aromatic rings. The summed E-state index contributed by atoms with van der Waals surface area (Å²) in [6.07, 6.45) is 3.66. The first-order valence-corrected chi connectivity index (χ1v) is 13.1. The van der Waals surface area contributed by atoms with Gasteiger partial charge in [-0.2, -0.15) is 0 Å². The molecule has 0 fully saturated rings. The van der Waals surface area contributed by atoms with Gasteiger partial charge in [0.1, 0.15) is 0 Å². The predicted octanol–water partition coefficient (Wildman–Crippen LogP) is 9.11. The minimum atomic E-state index is 0. The molecule has 0 saturated carbocycles.